The highest BCUT2D eigenvalue weighted by atomic mass is 32.1. The number of carbonyl (C=O) groups is 2. The van der Waals surface area contributed by atoms with Crippen LogP contribution < -0.4 is 4.74 Å². The van der Waals surface area contributed by atoms with E-state index in [2.05, 4.69) is 13.8 Å². The molecule has 0 saturated heterocycles. The van der Waals surface area contributed by atoms with Crippen LogP contribution in [-0.2, 0) is 54.8 Å². The van der Waals surface area contributed by atoms with Crippen molar-refractivity contribution in [2.45, 2.75) is 92.9 Å². The van der Waals surface area contributed by atoms with E-state index >= 15 is 0 Å². The molecular weight excluding hydrogens is 733 g/mol. The van der Waals surface area contributed by atoms with E-state index < -0.39 is 11.9 Å². The van der Waals surface area contributed by atoms with Gasteiger partial charge in [-0.1, -0.05) is 29.5 Å². The highest BCUT2D eigenvalue weighted by Crippen LogP contribution is 2.49. The van der Waals surface area contributed by atoms with Gasteiger partial charge >= 0.3 is 11.9 Å². The van der Waals surface area contributed by atoms with Crippen molar-refractivity contribution in [3.63, 3.8) is 0 Å². The molecular formula is C41H40O7S4. The summed E-state index contributed by atoms with van der Waals surface area (Å²) >= 11 is 6.92. The molecule has 1 aromatic carbocycles. The van der Waals surface area contributed by atoms with Gasteiger partial charge in [0.2, 0.25) is 11.5 Å². The quantitative estimate of drug-likeness (QED) is 0.0966. The fourth-order valence-corrected chi connectivity index (χ4v) is 12.7. The fraction of sp³-hybridized carbons (Fsp3) is 0.366. The fourth-order valence-electron chi connectivity index (χ4n) is 7.97. The van der Waals surface area contributed by atoms with E-state index in [-0.39, 0.29) is 0 Å². The number of esters is 2. The monoisotopic (exact) mass is 772 g/mol. The molecule has 270 valence electrons. The van der Waals surface area contributed by atoms with Crippen LogP contribution in [0.15, 0.2) is 24.3 Å². The van der Waals surface area contributed by atoms with E-state index in [1.165, 1.54) is 91.6 Å². The molecule has 11 heteroatoms. The molecule has 5 aromatic rings. The molecule has 2 aliphatic heterocycles. The lowest BCUT2D eigenvalue weighted by Crippen LogP contribution is -2.03. The Balaban J connectivity index is 0.000000149. The van der Waals surface area contributed by atoms with Crippen LogP contribution >= 0.6 is 45.3 Å². The third-order valence-corrected chi connectivity index (χ3v) is 15.0. The molecule has 0 unspecified atom stereocenters. The molecule has 0 bridgehead atoms. The Kier molecular flexibility index (Phi) is 9.67. The molecule has 7 nitrogen and oxygen atoms in total. The smallest absolute Gasteiger partial charge is 0.347 e. The lowest BCUT2D eigenvalue weighted by molar-refractivity contribution is -0.429. The van der Waals surface area contributed by atoms with Gasteiger partial charge in [-0.15, -0.1) is 34.0 Å². The molecule has 0 N–H and O–H groups in total. The number of hydrogen-bond donors (Lipinski definition) is 0. The molecule has 4 aromatic heterocycles. The number of benzene rings is 1. The molecule has 6 heterocycles. The van der Waals surface area contributed by atoms with E-state index in [4.69, 9.17) is 24.3 Å². The van der Waals surface area contributed by atoms with Gasteiger partial charge in [-0.3, -0.25) is 9.78 Å². The van der Waals surface area contributed by atoms with E-state index in [1.54, 1.807) is 11.3 Å². The van der Waals surface area contributed by atoms with Crippen LogP contribution in [0.1, 0.15) is 101 Å². The lowest BCUT2D eigenvalue weighted by atomic mass is 9.91. The van der Waals surface area contributed by atoms with Gasteiger partial charge in [-0.05, 0) is 116 Å². The van der Waals surface area contributed by atoms with Crippen LogP contribution in [0.2, 0.25) is 0 Å². The van der Waals surface area contributed by atoms with Gasteiger partial charge in [-0.2, -0.15) is 0 Å². The number of thiophene rings is 4. The molecule has 9 rings (SSSR count). The second-order valence-corrected chi connectivity index (χ2v) is 18.6. The zero-order valence-corrected chi connectivity index (χ0v) is 33.4. The van der Waals surface area contributed by atoms with Crippen LogP contribution in [0.25, 0.3) is 32.8 Å². The van der Waals surface area contributed by atoms with Gasteiger partial charge in [0.1, 0.15) is 0 Å². The average Bonchev–Trinajstić information content (AvgIpc) is 3.96. The number of fused-ring (bicyclic) bond motifs is 3. The van der Waals surface area contributed by atoms with Crippen molar-refractivity contribution in [1.29, 1.82) is 0 Å². The first-order valence-corrected chi connectivity index (χ1v) is 21.1. The first-order chi connectivity index (χ1) is 25.2. The van der Waals surface area contributed by atoms with Gasteiger partial charge in [0.15, 0.2) is 5.06 Å². The highest BCUT2D eigenvalue weighted by Gasteiger charge is 2.40. The minimum Gasteiger partial charge on any atom is -0.484 e. The summed E-state index contributed by atoms with van der Waals surface area (Å²) < 4.78 is 11.9. The Morgan fingerprint density at radius 3 is 1.73 bits per heavy atom. The Labute approximate surface area is 319 Å². The summed E-state index contributed by atoms with van der Waals surface area (Å²) in [6.45, 7) is 12.7. The van der Waals surface area contributed by atoms with Crippen LogP contribution in [0.5, 0.6) is 5.06 Å². The maximum Gasteiger partial charge on any atom is 0.347 e. The molecule has 52 heavy (non-hydrogen) atoms. The predicted molar refractivity (Wildman–Crippen MR) is 211 cm³/mol. The normalized spacial score (nSPS) is 16.8. The Bertz CT molecular complexity index is 2250. The van der Waals surface area contributed by atoms with E-state index in [1.807, 2.05) is 74.6 Å². The van der Waals surface area contributed by atoms with Crippen LogP contribution in [0.4, 0.5) is 0 Å². The highest BCUT2D eigenvalue weighted by molar-refractivity contribution is 7.21. The summed E-state index contributed by atoms with van der Waals surface area (Å²) in [7, 11) is 0. The first kappa shape index (κ1) is 35.3. The van der Waals surface area contributed by atoms with Gasteiger partial charge in [-0.25, -0.2) is 9.59 Å². The van der Waals surface area contributed by atoms with E-state index in [0.29, 0.717) is 28.4 Å². The number of cyclic esters (lactones) is 2. The molecule has 0 spiro atoms. The van der Waals surface area contributed by atoms with Gasteiger partial charge in [0.25, 0.3) is 0 Å². The molecule has 4 aliphatic rings. The van der Waals surface area contributed by atoms with Crippen LogP contribution in [-0.4, -0.2) is 18.5 Å². The van der Waals surface area contributed by atoms with Gasteiger partial charge < -0.3 is 9.47 Å². The van der Waals surface area contributed by atoms with Crippen LogP contribution in [0, 0.1) is 34.6 Å². The summed E-state index contributed by atoms with van der Waals surface area (Å²) in [6.07, 6.45) is 9.76. The second kappa shape index (κ2) is 14.2. The number of carbonyl (C=O) groups excluding carboxylic acids is 2. The van der Waals surface area contributed by atoms with E-state index in [0.717, 1.165) is 55.3 Å². The molecule has 2 aliphatic carbocycles. The molecule has 0 atom stereocenters. The third kappa shape index (κ3) is 5.94. The predicted octanol–water partition coefficient (Wildman–Crippen LogP) is 11.2. The summed E-state index contributed by atoms with van der Waals surface area (Å²) in [5, 5.41) is 6.58. The van der Waals surface area contributed by atoms with Crippen molar-refractivity contribution in [2.75, 3.05) is 6.61 Å². The zero-order chi connectivity index (χ0) is 36.3. The topological polar surface area (TPSA) is 80.3 Å². The third-order valence-electron chi connectivity index (χ3n) is 10.3. The van der Waals surface area contributed by atoms with Gasteiger partial charge in [0.05, 0.1) is 23.3 Å². The summed E-state index contributed by atoms with van der Waals surface area (Å²) in [6, 6.07) is 7.80. The Morgan fingerprint density at radius 1 is 0.635 bits per heavy atom. The van der Waals surface area contributed by atoms with Crippen LogP contribution in [0.3, 0.4) is 0 Å². The maximum absolute atomic E-state index is 12.7. The molecule has 0 amide bonds. The average molecular weight is 773 g/mol. The minimum absolute atomic E-state index is 0.310. The molecule has 0 fully saturated rings. The standard InChI is InChI=1S/C21H18O4S2.C20H22O3S2/c1-5-24-21-16(13-8-6-7-9-14(13)27-21)18-17(19(22)25-20(18)23)15-10(2)11(3)26-12(15)4;1-11-17(13-7-3-5-9-15(13)24-11)19-20(22-23-21-19)18-12(2)25-16-10-6-4-8-14(16)18/h6-9H,5H2,1-4H3;3-10H2,1-2H3. The Hall–Kier alpha value is -3.74. The van der Waals surface area contributed by atoms with Crippen molar-refractivity contribution in [3.05, 3.63) is 92.5 Å². The molecule has 0 saturated carbocycles. The van der Waals surface area contributed by atoms with Gasteiger partial charge in [0, 0.05) is 61.1 Å². The van der Waals surface area contributed by atoms with Crippen molar-refractivity contribution in [1.82, 2.24) is 0 Å². The SMILES string of the molecule is CCOc1sc2ccccc2c1C1=C(c2c(C)sc(C)c2C)C(=O)OC1=O.Cc1sc2c(c1C1=C(c3c(C)sc4c3CCCC4)OOO1)CCCC2. The maximum atomic E-state index is 12.7. The number of ether oxygens (including phenoxy) is 2. The zero-order valence-electron chi connectivity index (χ0n) is 30.2. The number of aryl methyl sites for hydroxylation is 6. The van der Waals surface area contributed by atoms with Crippen molar-refractivity contribution in [2.24, 2.45) is 0 Å². The van der Waals surface area contributed by atoms with E-state index in [9.17, 15) is 9.59 Å². The summed E-state index contributed by atoms with van der Waals surface area (Å²) in [5.41, 5.74) is 8.49. The Morgan fingerprint density at radius 2 is 1.17 bits per heavy atom. The lowest BCUT2D eigenvalue weighted by Gasteiger charge is -2.14. The molecule has 0 radical (unpaired) electrons. The minimum atomic E-state index is -0.609. The van der Waals surface area contributed by atoms with Crippen molar-refractivity contribution < 1.29 is 33.9 Å². The number of hydrogen-bond acceptors (Lipinski definition) is 11. The summed E-state index contributed by atoms with van der Waals surface area (Å²) in [4.78, 5) is 44.4. The first-order valence-electron chi connectivity index (χ1n) is 17.9. The largest absolute Gasteiger partial charge is 0.484 e. The van der Waals surface area contributed by atoms with Crippen molar-refractivity contribution >= 4 is 90.0 Å². The summed E-state index contributed by atoms with van der Waals surface area (Å²) in [5.74, 6) is 0.399. The second-order valence-electron chi connectivity index (χ2n) is 13.5. The van der Waals surface area contributed by atoms with Crippen molar-refractivity contribution in [3.8, 4) is 5.06 Å². The number of rotatable bonds is 6.